The monoisotopic (exact) mass is 592 g/mol. The highest BCUT2D eigenvalue weighted by Gasteiger charge is 2.40. The van der Waals surface area contributed by atoms with E-state index in [1.54, 1.807) is 35.0 Å². The number of hydrogen-bond acceptors (Lipinski definition) is 2. The van der Waals surface area contributed by atoms with Gasteiger partial charge in [0.1, 0.15) is 11.6 Å². The molecular formula is C26H20Cl3F5N2S. The lowest BCUT2D eigenvalue weighted by Crippen LogP contribution is -2.27. The third-order valence-electron chi connectivity index (χ3n) is 6.21. The molecule has 0 N–H and O–H groups in total. The minimum absolute atomic E-state index is 0.00289. The Morgan fingerprint density at radius 3 is 2.38 bits per heavy atom. The molecule has 0 saturated heterocycles. The van der Waals surface area contributed by atoms with E-state index in [4.69, 9.17) is 34.8 Å². The van der Waals surface area contributed by atoms with Gasteiger partial charge in [0, 0.05) is 21.9 Å². The standard InChI is InChI=1S/C26H20Cl3F5N2S/c1-25(2,15-4-7-19(27)21(29)9-15)23-12-35-24(37-13-14-3-5-16(30)10-20(14)28)36(23)17-6-8-22(31)18(11-17)26(32,33)34/h3-5,7-12,17H,6,13H2,1-2H3. The fraction of sp³-hybridized carbons (Fsp3) is 0.269. The van der Waals surface area contributed by atoms with Crippen LogP contribution in [-0.2, 0) is 11.2 Å². The summed E-state index contributed by atoms with van der Waals surface area (Å²) in [5.41, 5.74) is -0.0995. The lowest BCUT2D eigenvalue weighted by atomic mass is 9.81. The second kappa shape index (κ2) is 10.6. The number of alkyl halides is 3. The van der Waals surface area contributed by atoms with Gasteiger partial charge in [-0.1, -0.05) is 72.5 Å². The molecule has 3 aromatic rings. The minimum Gasteiger partial charge on any atom is -0.315 e. The highest BCUT2D eigenvalue weighted by molar-refractivity contribution is 7.98. The van der Waals surface area contributed by atoms with Crippen molar-refractivity contribution in [2.45, 2.75) is 48.8 Å². The first kappa shape index (κ1) is 28.0. The average molecular weight is 594 g/mol. The fourth-order valence-corrected chi connectivity index (χ4v) is 5.78. The Bertz CT molecular complexity index is 1400. The number of allylic oxidation sites excluding steroid dienone is 4. The van der Waals surface area contributed by atoms with Crippen molar-refractivity contribution in [3.05, 3.63) is 104 Å². The molecule has 0 radical (unpaired) electrons. The molecule has 37 heavy (non-hydrogen) atoms. The smallest absolute Gasteiger partial charge is 0.315 e. The van der Waals surface area contributed by atoms with Gasteiger partial charge in [-0.05, 0) is 54.0 Å². The van der Waals surface area contributed by atoms with Crippen LogP contribution in [0.15, 0.2) is 71.3 Å². The zero-order chi connectivity index (χ0) is 27.1. The van der Waals surface area contributed by atoms with Crippen molar-refractivity contribution in [2.75, 3.05) is 0 Å². The van der Waals surface area contributed by atoms with Gasteiger partial charge in [0.05, 0.1) is 27.9 Å². The molecule has 0 bridgehead atoms. The van der Waals surface area contributed by atoms with Crippen LogP contribution >= 0.6 is 46.6 Å². The molecule has 1 heterocycles. The minimum atomic E-state index is -4.85. The number of thioether (sulfide) groups is 1. The molecule has 196 valence electrons. The Balaban J connectivity index is 1.81. The zero-order valence-electron chi connectivity index (χ0n) is 19.5. The molecule has 11 heteroatoms. The first-order valence-corrected chi connectivity index (χ1v) is 13.2. The number of halogens is 8. The van der Waals surface area contributed by atoms with E-state index < -0.39 is 34.9 Å². The lowest BCUT2D eigenvalue weighted by Gasteiger charge is -2.31. The van der Waals surface area contributed by atoms with Crippen molar-refractivity contribution in [2.24, 2.45) is 0 Å². The summed E-state index contributed by atoms with van der Waals surface area (Å²) in [5.74, 6) is -1.50. The Morgan fingerprint density at radius 1 is 1.00 bits per heavy atom. The highest BCUT2D eigenvalue weighted by atomic mass is 35.5. The molecule has 1 atom stereocenters. The highest BCUT2D eigenvalue weighted by Crippen LogP contribution is 2.43. The van der Waals surface area contributed by atoms with Crippen LogP contribution in [0, 0.1) is 5.82 Å². The largest absolute Gasteiger partial charge is 0.418 e. The van der Waals surface area contributed by atoms with Crippen LogP contribution in [0.25, 0.3) is 0 Å². The molecule has 0 aliphatic heterocycles. The average Bonchev–Trinajstić information content (AvgIpc) is 3.24. The van der Waals surface area contributed by atoms with Crippen molar-refractivity contribution in [1.82, 2.24) is 9.55 Å². The second-order valence-corrected chi connectivity index (χ2v) is 11.2. The van der Waals surface area contributed by atoms with Crippen molar-refractivity contribution in [3.63, 3.8) is 0 Å². The molecule has 1 unspecified atom stereocenters. The van der Waals surface area contributed by atoms with Crippen LogP contribution in [-0.4, -0.2) is 15.7 Å². The molecule has 1 aromatic heterocycles. The predicted molar refractivity (Wildman–Crippen MR) is 139 cm³/mol. The summed E-state index contributed by atoms with van der Waals surface area (Å²) in [6.07, 6.45) is -1.44. The number of rotatable bonds is 6. The van der Waals surface area contributed by atoms with Crippen molar-refractivity contribution in [1.29, 1.82) is 0 Å². The van der Waals surface area contributed by atoms with Crippen LogP contribution in [0.2, 0.25) is 15.1 Å². The maximum atomic E-state index is 14.2. The molecule has 4 rings (SSSR count). The van der Waals surface area contributed by atoms with Crippen LogP contribution < -0.4 is 0 Å². The van der Waals surface area contributed by atoms with Crippen molar-refractivity contribution >= 4 is 46.6 Å². The first-order valence-electron chi connectivity index (χ1n) is 11.0. The van der Waals surface area contributed by atoms with Gasteiger partial charge in [-0.15, -0.1) is 0 Å². The van der Waals surface area contributed by atoms with Gasteiger partial charge in [0.2, 0.25) is 0 Å². The van der Waals surface area contributed by atoms with Crippen molar-refractivity contribution in [3.8, 4) is 0 Å². The number of nitrogens with zero attached hydrogens (tertiary/aromatic N) is 2. The Labute approximate surface area is 230 Å². The van der Waals surface area contributed by atoms with Crippen LogP contribution in [0.5, 0.6) is 0 Å². The summed E-state index contributed by atoms with van der Waals surface area (Å²) in [4.78, 5) is 4.52. The molecule has 0 fully saturated rings. The quantitative estimate of drug-likeness (QED) is 0.209. The summed E-state index contributed by atoms with van der Waals surface area (Å²) in [7, 11) is 0. The molecule has 0 spiro atoms. The van der Waals surface area contributed by atoms with E-state index in [1.807, 2.05) is 13.8 Å². The van der Waals surface area contributed by atoms with Gasteiger partial charge < -0.3 is 4.57 Å². The SMILES string of the molecule is CC(C)(c1ccc(Cl)c(Cl)c1)c1cnc(SCc2ccc(F)cc2Cl)n1C1C=C(C(F)(F)F)C(F)=CC1. The number of benzene rings is 2. The lowest BCUT2D eigenvalue weighted by molar-refractivity contribution is -0.0918. The number of aromatic nitrogens is 2. The van der Waals surface area contributed by atoms with E-state index in [9.17, 15) is 22.0 Å². The zero-order valence-corrected chi connectivity index (χ0v) is 22.6. The van der Waals surface area contributed by atoms with E-state index in [1.165, 1.54) is 23.9 Å². The fourth-order valence-electron chi connectivity index (χ4n) is 4.13. The molecule has 1 aliphatic rings. The first-order chi connectivity index (χ1) is 17.3. The summed E-state index contributed by atoms with van der Waals surface area (Å²) in [6, 6.07) is 8.28. The Morgan fingerprint density at radius 2 is 1.73 bits per heavy atom. The van der Waals surface area contributed by atoms with Crippen molar-refractivity contribution < 1.29 is 22.0 Å². The molecular weight excluding hydrogens is 574 g/mol. The van der Waals surface area contributed by atoms with E-state index >= 15 is 0 Å². The maximum absolute atomic E-state index is 14.2. The van der Waals surface area contributed by atoms with E-state index in [0.717, 1.165) is 17.7 Å². The third kappa shape index (κ3) is 5.87. The van der Waals surface area contributed by atoms with Crippen LogP contribution in [0.4, 0.5) is 22.0 Å². The van der Waals surface area contributed by atoms with Gasteiger partial charge in [-0.3, -0.25) is 0 Å². The normalized spacial score (nSPS) is 16.5. The maximum Gasteiger partial charge on any atom is 0.418 e. The van der Waals surface area contributed by atoms with Gasteiger partial charge in [-0.25, -0.2) is 13.8 Å². The Hall–Kier alpha value is -2.00. The van der Waals surface area contributed by atoms with E-state index in [2.05, 4.69) is 4.98 Å². The van der Waals surface area contributed by atoms with Gasteiger partial charge in [0.25, 0.3) is 0 Å². The second-order valence-electron chi connectivity index (χ2n) is 9.01. The molecule has 0 saturated carbocycles. The molecule has 1 aliphatic carbocycles. The predicted octanol–water partition coefficient (Wildman–Crippen LogP) is 9.89. The summed E-state index contributed by atoms with van der Waals surface area (Å²) >= 11 is 19.7. The van der Waals surface area contributed by atoms with Crippen LogP contribution in [0.3, 0.4) is 0 Å². The van der Waals surface area contributed by atoms with Crippen LogP contribution in [0.1, 0.15) is 43.1 Å². The molecule has 0 amide bonds. The molecule has 2 aromatic carbocycles. The third-order valence-corrected chi connectivity index (χ3v) is 8.31. The van der Waals surface area contributed by atoms with Gasteiger partial charge >= 0.3 is 6.18 Å². The summed E-state index contributed by atoms with van der Waals surface area (Å²) in [6.45, 7) is 3.78. The number of hydrogen-bond donors (Lipinski definition) is 0. The van der Waals surface area contributed by atoms with E-state index in [-0.39, 0.29) is 17.2 Å². The number of imidazole rings is 1. The summed E-state index contributed by atoms with van der Waals surface area (Å²) < 4.78 is 70.1. The molecule has 2 nitrogen and oxygen atoms in total. The van der Waals surface area contributed by atoms with E-state index in [0.29, 0.717) is 26.5 Å². The van der Waals surface area contributed by atoms with Gasteiger partial charge in [-0.2, -0.15) is 13.2 Å². The topological polar surface area (TPSA) is 17.8 Å². The summed E-state index contributed by atoms with van der Waals surface area (Å²) in [5, 5.41) is 1.33. The van der Waals surface area contributed by atoms with Gasteiger partial charge in [0.15, 0.2) is 5.16 Å². The Kier molecular flexibility index (Phi) is 8.05.